The molecule has 3 nitrogen and oxygen atoms in total. The summed E-state index contributed by atoms with van der Waals surface area (Å²) in [5.41, 5.74) is -1.51. The van der Waals surface area contributed by atoms with Crippen LogP contribution in [0.4, 0.5) is 30.7 Å². The SMILES string of the molecule is C[C@H](c1ccccc1)N1CCO[C@H](O[C@H](C)c2cc(C(F)(F)F)cc(C(F)(F)F)c2)[C@H]1c1ccc(F)cc1. The summed E-state index contributed by atoms with van der Waals surface area (Å²) in [5.74, 6) is -0.456. The van der Waals surface area contributed by atoms with E-state index in [0.29, 0.717) is 24.2 Å². The summed E-state index contributed by atoms with van der Waals surface area (Å²) in [6.45, 7) is 4.02. The fourth-order valence-electron chi connectivity index (χ4n) is 4.63. The number of halogens is 7. The third-order valence-corrected chi connectivity index (χ3v) is 6.66. The van der Waals surface area contributed by atoms with Gasteiger partial charge < -0.3 is 9.47 Å². The van der Waals surface area contributed by atoms with Crippen molar-refractivity contribution >= 4 is 0 Å². The highest BCUT2D eigenvalue weighted by molar-refractivity contribution is 5.35. The predicted octanol–water partition coefficient (Wildman–Crippen LogP) is 8.10. The van der Waals surface area contributed by atoms with E-state index in [0.717, 1.165) is 5.56 Å². The van der Waals surface area contributed by atoms with E-state index in [4.69, 9.17) is 9.47 Å². The molecule has 0 radical (unpaired) electrons. The highest BCUT2D eigenvalue weighted by atomic mass is 19.4. The van der Waals surface area contributed by atoms with Crippen molar-refractivity contribution in [2.24, 2.45) is 0 Å². The molecule has 1 aliphatic rings. The Balaban J connectivity index is 1.69. The van der Waals surface area contributed by atoms with Crippen LogP contribution in [0, 0.1) is 5.82 Å². The van der Waals surface area contributed by atoms with Gasteiger partial charge in [0.1, 0.15) is 5.82 Å². The van der Waals surface area contributed by atoms with Crippen molar-refractivity contribution in [2.45, 2.75) is 50.7 Å². The average Bonchev–Trinajstić information content (AvgIpc) is 2.88. The van der Waals surface area contributed by atoms with Crippen LogP contribution in [0.25, 0.3) is 0 Å². The van der Waals surface area contributed by atoms with Crippen molar-refractivity contribution in [1.82, 2.24) is 4.90 Å². The Morgan fingerprint density at radius 3 is 1.95 bits per heavy atom. The number of hydrogen-bond donors (Lipinski definition) is 0. The van der Waals surface area contributed by atoms with Crippen LogP contribution in [0.15, 0.2) is 72.8 Å². The molecule has 0 saturated carbocycles. The summed E-state index contributed by atoms with van der Waals surface area (Å²) in [6.07, 6.45) is -12.2. The first-order chi connectivity index (χ1) is 17.8. The first-order valence-electron chi connectivity index (χ1n) is 12.0. The zero-order chi connectivity index (χ0) is 27.7. The molecule has 1 aliphatic heterocycles. The highest BCUT2D eigenvalue weighted by Gasteiger charge is 2.40. The van der Waals surface area contributed by atoms with E-state index < -0.39 is 47.7 Å². The van der Waals surface area contributed by atoms with Gasteiger partial charge in [0.25, 0.3) is 0 Å². The molecule has 1 heterocycles. The van der Waals surface area contributed by atoms with Crippen molar-refractivity contribution in [2.75, 3.05) is 13.2 Å². The molecule has 4 atom stereocenters. The summed E-state index contributed by atoms with van der Waals surface area (Å²) >= 11 is 0. The third-order valence-electron chi connectivity index (χ3n) is 6.66. The van der Waals surface area contributed by atoms with E-state index in [-0.39, 0.29) is 24.3 Å². The van der Waals surface area contributed by atoms with Gasteiger partial charge in [0, 0.05) is 12.6 Å². The summed E-state index contributed by atoms with van der Waals surface area (Å²) in [5, 5.41) is 0. The molecule has 204 valence electrons. The van der Waals surface area contributed by atoms with E-state index in [1.165, 1.54) is 19.1 Å². The van der Waals surface area contributed by atoms with Crippen LogP contribution in [0.5, 0.6) is 0 Å². The van der Waals surface area contributed by atoms with E-state index in [1.54, 1.807) is 12.1 Å². The first-order valence-corrected chi connectivity index (χ1v) is 12.0. The number of alkyl halides is 6. The second-order valence-electron chi connectivity index (χ2n) is 9.18. The van der Waals surface area contributed by atoms with Crippen LogP contribution in [0.1, 0.15) is 59.9 Å². The summed E-state index contributed by atoms with van der Waals surface area (Å²) in [4.78, 5) is 2.07. The van der Waals surface area contributed by atoms with Gasteiger partial charge in [0.15, 0.2) is 6.29 Å². The Morgan fingerprint density at radius 2 is 1.39 bits per heavy atom. The summed E-state index contributed by atoms with van der Waals surface area (Å²) in [6, 6.07) is 15.8. The molecule has 1 saturated heterocycles. The molecular weight excluding hydrogens is 515 g/mol. The monoisotopic (exact) mass is 541 g/mol. The molecule has 0 N–H and O–H groups in total. The quantitative estimate of drug-likeness (QED) is 0.295. The van der Waals surface area contributed by atoms with Crippen molar-refractivity contribution in [3.63, 3.8) is 0 Å². The Kier molecular flexibility index (Phi) is 8.15. The second-order valence-corrected chi connectivity index (χ2v) is 9.18. The maximum Gasteiger partial charge on any atom is 0.416 e. The number of morpholine rings is 1. The summed E-state index contributed by atoms with van der Waals surface area (Å²) < 4.78 is 106. The lowest BCUT2D eigenvalue weighted by Crippen LogP contribution is -2.47. The maximum atomic E-state index is 13.7. The van der Waals surface area contributed by atoms with Crippen molar-refractivity contribution in [1.29, 1.82) is 0 Å². The summed E-state index contributed by atoms with van der Waals surface area (Å²) in [7, 11) is 0. The lowest BCUT2D eigenvalue weighted by Gasteiger charge is -2.45. The minimum absolute atomic E-state index is 0.0813. The fourth-order valence-corrected chi connectivity index (χ4v) is 4.63. The molecule has 0 aliphatic carbocycles. The smallest absolute Gasteiger partial charge is 0.349 e. The van der Waals surface area contributed by atoms with Gasteiger partial charge in [-0.25, -0.2) is 4.39 Å². The molecule has 38 heavy (non-hydrogen) atoms. The number of ether oxygens (including phenoxy) is 2. The second kappa shape index (κ2) is 11.0. The minimum atomic E-state index is -4.98. The van der Waals surface area contributed by atoms with Gasteiger partial charge in [0.05, 0.1) is 29.9 Å². The van der Waals surface area contributed by atoms with Crippen LogP contribution in [-0.2, 0) is 21.8 Å². The number of nitrogens with zero attached hydrogens (tertiary/aromatic N) is 1. The Bertz CT molecular complexity index is 1180. The molecule has 0 aromatic heterocycles. The Morgan fingerprint density at radius 1 is 0.816 bits per heavy atom. The molecule has 3 aromatic rings. The van der Waals surface area contributed by atoms with E-state index in [2.05, 4.69) is 4.90 Å². The molecule has 0 spiro atoms. The Labute approximate surface area is 215 Å². The van der Waals surface area contributed by atoms with Gasteiger partial charge in [-0.1, -0.05) is 42.5 Å². The lowest BCUT2D eigenvalue weighted by atomic mass is 9.98. The van der Waals surface area contributed by atoms with E-state index in [9.17, 15) is 30.7 Å². The van der Waals surface area contributed by atoms with Crippen LogP contribution >= 0.6 is 0 Å². The molecule has 1 fully saturated rings. The topological polar surface area (TPSA) is 21.7 Å². The maximum absolute atomic E-state index is 13.7. The number of benzene rings is 3. The van der Waals surface area contributed by atoms with Gasteiger partial charge in [0.2, 0.25) is 0 Å². The van der Waals surface area contributed by atoms with E-state index >= 15 is 0 Å². The van der Waals surface area contributed by atoms with Crippen molar-refractivity contribution < 1.29 is 40.2 Å². The van der Waals surface area contributed by atoms with Gasteiger partial charge in [-0.2, -0.15) is 26.3 Å². The first kappa shape index (κ1) is 28.1. The third kappa shape index (κ3) is 6.36. The standard InChI is InChI=1S/C28H26F7NO2/c1-17(19-6-4-3-5-7-19)36-12-13-37-26(25(36)20-8-10-24(29)11-9-20)38-18(2)21-14-22(27(30,31)32)16-23(15-21)28(33,34)35/h3-11,14-18,25-26H,12-13H2,1-2H3/t17-,18-,25-,26-/m1/s1. The van der Waals surface area contributed by atoms with Crippen LogP contribution in [-0.4, -0.2) is 24.3 Å². The van der Waals surface area contributed by atoms with Crippen LogP contribution in [0.2, 0.25) is 0 Å². The number of rotatable bonds is 6. The fraction of sp³-hybridized carbons (Fsp3) is 0.357. The minimum Gasteiger partial charge on any atom is -0.349 e. The van der Waals surface area contributed by atoms with Crippen LogP contribution < -0.4 is 0 Å². The molecule has 0 bridgehead atoms. The average molecular weight is 542 g/mol. The van der Waals surface area contributed by atoms with Crippen molar-refractivity contribution in [3.8, 4) is 0 Å². The molecule has 0 amide bonds. The van der Waals surface area contributed by atoms with Crippen LogP contribution in [0.3, 0.4) is 0 Å². The molecule has 3 aromatic carbocycles. The largest absolute Gasteiger partial charge is 0.416 e. The zero-order valence-corrected chi connectivity index (χ0v) is 20.6. The molecular formula is C28H26F7NO2. The van der Waals surface area contributed by atoms with E-state index in [1.807, 2.05) is 37.3 Å². The van der Waals surface area contributed by atoms with Gasteiger partial charge in [-0.05, 0) is 60.9 Å². The molecule has 0 unspecified atom stereocenters. The van der Waals surface area contributed by atoms with Gasteiger partial charge >= 0.3 is 12.4 Å². The van der Waals surface area contributed by atoms with Gasteiger partial charge in [-0.3, -0.25) is 4.90 Å². The Hall–Kier alpha value is -2.95. The van der Waals surface area contributed by atoms with Gasteiger partial charge in [-0.15, -0.1) is 0 Å². The zero-order valence-electron chi connectivity index (χ0n) is 20.6. The van der Waals surface area contributed by atoms with Crippen molar-refractivity contribution in [3.05, 3.63) is 106 Å². The molecule has 4 rings (SSSR count). The molecule has 10 heteroatoms. The highest BCUT2D eigenvalue weighted by Crippen LogP contribution is 2.41. The number of hydrogen-bond acceptors (Lipinski definition) is 3. The lowest BCUT2D eigenvalue weighted by molar-refractivity contribution is -0.235. The predicted molar refractivity (Wildman–Crippen MR) is 126 cm³/mol. The normalized spacial score (nSPS) is 20.8.